The highest BCUT2D eigenvalue weighted by Crippen LogP contribution is 2.13. The molecule has 1 atom stereocenters. The highest BCUT2D eigenvalue weighted by atomic mass is 16.5. The minimum absolute atomic E-state index is 0.139. The normalized spacial score (nSPS) is 16.4. The standard InChI is InChI=1S/C11H25NO3/c1-10(2,9-13)7-12-8-11(3,14)5-6-15-4/h12-14H,5-9H2,1-4H3. The summed E-state index contributed by atoms with van der Waals surface area (Å²) in [6.07, 6.45) is 0.607. The van der Waals surface area contributed by atoms with Crippen molar-refractivity contribution >= 4 is 0 Å². The average Bonchev–Trinajstić information content (AvgIpc) is 2.14. The van der Waals surface area contributed by atoms with Gasteiger partial charge in [-0.1, -0.05) is 13.8 Å². The lowest BCUT2D eigenvalue weighted by Crippen LogP contribution is -2.42. The molecule has 4 nitrogen and oxygen atoms in total. The zero-order valence-corrected chi connectivity index (χ0v) is 10.3. The van der Waals surface area contributed by atoms with Crippen molar-refractivity contribution in [1.82, 2.24) is 5.32 Å². The van der Waals surface area contributed by atoms with Crippen LogP contribution in [0.15, 0.2) is 0 Å². The van der Waals surface area contributed by atoms with Crippen molar-refractivity contribution in [3.8, 4) is 0 Å². The number of ether oxygens (including phenoxy) is 1. The third-order valence-electron chi connectivity index (χ3n) is 2.38. The van der Waals surface area contributed by atoms with E-state index in [0.717, 1.165) is 0 Å². The zero-order valence-electron chi connectivity index (χ0n) is 10.3. The first-order valence-electron chi connectivity index (χ1n) is 5.36. The van der Waals surface area contributed by atoms with Gasteiger partial charge in [0.25, 0.3) is 0 Å². The van der Waals surface area contributed by atoms with E-state index in [9.17, 15) is 5.11 Å². The van der Waals surface area contributed by atoms with Crippen LogP contribution in [0.2, 0.25) is 0 Å². The molecule has 92 valence electrons. The average molecular weight is 219 g/mol. The first-order valence-corrected chi connectivity index (χ1v) is 5.36. The highest BCUT2D eigenvalue weighted by molar-refractivity contribution is 4.78. The maximum absolute atomic E-state index is 9.91. The second kappa shape index (κ2) is 6.43. The van der Waals surface area contributed by atoms with E-state index in [4.69, 9.17) is 9.84 Å². The van der Waals surface area contributed by atoms with Crippen molar-refractivity contribution < 1.29 is 14.9 Å². The Balaban J connectivity index is 3.74. The third-order valence-corrected chi connectivity index (χ3v) is 2.38. The molecule has 0 saturated carbocycles. The Labute approximate surface area is 92.6 Å². The number of hydrogen-bond acceptors (Lipinski definition) is 4. The van der Waals surface area contributed by atoms with Crippen LogP contribution in [0.1, 0.15) is 27.2 Å². The summed E-state index contributed by atoms with van der Waals surface area (Å²) in [4.78, 5) is 0. The quantitative estimate of drug-likeness (QED) is 0.552. The molecule has 4 heteroatoms. The lowest BCUT2D eigenvalue weighted by atomic mass is 9.94. The van der Waals surface area contributed by atoms with Gasteiger partial charge in [-0.05, 0) is 6.92 Å². The molecule has 0 amide bonds. The SMILES string of the molecule is COCCC(C)(O)CNCC(C)(C)CO. The molecule has 0 saturated heterocycles. The van der Waals surface area contributed by atoms with E-state index < -0.39 is 5.60 Å². The Bertz CT molecular complexity index is 169. The fourth-order valence-corrected chi connectivity index (χ4v) is 1.14. The van der Waals surface area contributed by atoms with Gasteiger partial charge in [-0.3, -0.25) is 0 Å². The summed E-state index contributed by atoms with van der Waals surface area (Å²) >= 11 is 0. The molecular formula is C11H25NO3. The Morgan fingerprint density at radius 2 is 1.80 bits per heavy atom. The maximum atomic E-state index is 9.91. The molecule has 0 bridgehead atoms. The van der Waals surface area contributed by atoms with Gasteiger partial charge in [-0.15, -0.1) is 0 Å². The van der Waals surface area contributed by atoms with Crippen LogP contribution in [0.5, 0.6) is 0 Å². The first-order chi connectivity index (χ1) is 6.83. The van der Waals surface area contributed by atoms with Crippen LogP contribution in [0, 0.1) is 5.41 Å². The Morgan fingerprint density at radius 3 is 2.27 bits per heavy atom. The molecule has 0 aliphatic heterocycles. The van der Waals surface area contributed by atoms with Crippen LogP contribution < -0.4 is 5.32 Å². The van der Waals surface area contributed by atoms with E-state index in [1.165, 1.54) is 0 Å². The van der Waals surface area contributed by atoms with E-state index in [1.54, 1.807) is 14.0 Å². The second-order valence-electron chi connectivity index (χ2n) is 5.17. The van der Waals surface area contributed by atoms with Gasteiger partial charge in [-0.2, -0.15) is 0 Å². The van der Waals surface area contributed by atoms with Crippen LogP contribution in [0.25, 0.3) is 0 Å². The van der Waals surface area contributed by atoms with Crippen molar-refractivity contribution in [1.29, 1.82) is 0 Å². The summed E-state index contributed by atoms with van der Waals surface area (Å²) in [5.41, 5.74) is -0.890. The van der Waals surface area contributed by atoms with Gasteiger partial charge in [0.15, 0.2) is 0 Å². The largest absolute Gasteiger partial charge is 0.396 e. The number of hydrogen-bond donors (Lipinski definition) is 3. The molecule has 0 fully saturated rings. The van der Waals surface area contributed by atoms with Crippen LogP contribution in [0.3, 0.4) is 0 Å². The van der Waals surface area contributed by atoms with Crippen LogP contribution in [0.4, 0.5) is 0 Å². The van der Waals surface area contributed by atoms with Crippen LogP contribution in [-0.4, -0.2) is 49.2 Å². The Hall–Kier alpha value is -0.160. The second-order valence-corrected chi connectivity index (χ2v) is 5.17. The van der Waals surface area contributed by atoms with Gasteiger partial charge in [0.1, 0.15) is 0 Å². The third kappa shape index (κ3) is 7.73. The summed E-state index contributed by atoms with van der Waals surface area (Å²) in [6, 6.07) is 0. The number of aliphatic hydroxyl groups is 2. The van der Waals surface area contributed by atoms with E-state index in [2.05, 4.69) is 5.32 Å². The fourth-order valence-electron chi connectivity index (χ4n) is 1.14. The Kier molecular flexibility index (Phi) is 6.36. The number of rotatable bonds is 8. The molecule has 0 radical (unpaired) electrons. The molecule has 15 heavy (non-hydrogen) atoms. The predicted molar refractivity (Wildman–Crippen MR) is 60.9 cm³/mol. The monoisotopic (exact) mass is 219 g/mol. The molecule has 1 unspecified atom stereocenters. The van der Waals surface area contributed by atoms with Gasteiger partial charge < -0.3 is 20.3 Å². The summed E-state index contributed by atoms with van der Waals surface area (Å²) < 4.78 is 4.92. The first kappa shape index (κ1) is 14.8. The lowest BCUT2D eigenvalue weighted by molar-refractivity contribution is 0.0219. The maximum Gasteiger partial charge on any atom is 0.0765 e. The summed E-state index contributed by atoms with van der Waals surface area (Å²) in [5, 5.41) is 22.1. The van der Waals surface area contributed by atoms with Crippen molar-refractivity contribution in [3.05, 3.63) is 0 Å². The predicted octanol–water partition coefficient (Wildman–Crippen LogP) is 0.382. The van der Waals surface area contributed by atoms with E-state index in [0.29, 0.717) is 26.1 Å². The molecule has 0 spiro atoms. The van der Waals surface area contributed by atoms with Gasteiger partial charge in [0.05, 0.1) is 5.60 Å². The Morgan fingerprint density at radius 1 is 1.20 bits per heavy atom. The van der Waals surface area contributed by atoms with E-state index in [1.807, 2.05) is 13.8 Å². The molecule has 0 aromatic rings. The molecule has 0 heterocycles. The van der Waals surface area contributed by atoms with Gasteiger partial charge in [0, 0.05) is 45.2 Å². The van der Waals surface area contributed by atoms with E-state index >= 15 is 0 Å². The number of nitrogens with one attached hydrogen (secondary N) is 1. The zero-order chi connectivity index (χ0) is 11.9. The molecule has 0 rings (SSSR count). The fraction of sp³-hybridized carbons (Fsp3) is 1.00. The van der Waals surface area contributed by atoms with Gasteiger partial charge in [-0.25, -0.2) is 0 Å². The lowest BCUT2D eigenvalue weighted by Gasteiger charge is -2.27. The van der Waals surface area contributed by atoms with Crippen molar-refractivity contribution in [2.24, 2.45) is 5.41 Å². The van der Waals surface area contributed by atoms with Gasteiger partial charge >= 0.3 is 0 Å². The van der Waals surface area contributed by atoms with E-state index in [-0.39, 0.29) is 12.0 Å². The summed E-state index contributed by atoms with van der Waals surface area (Å²) in [7, 11) is 1.62. The van der Waals surface area contributed by atoms with Gasteiger partial charge in [0.2, 0.25) is 0 Å². The van der Waals surface area contributed by atoms with Crippen LogP contribution in [-0.2, 0) is 4.74 Å². The minimum Gasteiger partial charge on any atom is -0.396 e. The smallest absolute Gasteiger partial charge is 0.0765 e. The molecule has 0 aliphatic carbocycles. The molecule has 0 aromatic heterocycles. The van der Waals surface area contributed by atoms with Crippen molar-refractivity contribution in [2.75, 3.05) is 33.4 Å². The van der Waals surface area contributed by atoms with Crippen molar-refractivity contribution in [3.63, 3.8) is 0 Å². The molecule has 0 aliphatic rings. The summed E-state index contributed by atoms with van der Waals surface area (Å²) in [6.45, 7) is 7.63. The van der Waals surface area contributed by atoms with Crippen molar-refractivity contribution in [2.45, 2.75) is 32.8 Å². The molecule has 0 aromatic carbocycles. The summed E-state index contributed by atoms with van der Waals surface area (Å²) in [5.74, 6) is 0. The molecular weight excluding hydrogens is 194 g/mol. The van der Waals surface area contributed by atoms with Crippen LogP contribution >= 0.6 is 0 Å². The molecule has 3 N–H and O–H groups in total. The number of aliphatic hydroxyl groups excluding tert-OH is 1. The highest BCUT2D eigenvalue weighted by Gasteiger charge is 2.22. The minimum atomic E-state index is -0.748. The number of methoxy groups -OCH3 is 1. The topological polar surface area (TPSA) is 61.7 Å².